The van der Waals surface area contributed by atoms with Crippen LogP contribution in [0.15, 0.2) is 67.0 Å². The Hall–Kier alpha value is -3.80. The van der Waals surface area contributed by atoms with Crippen LogP contribution in [-0.4, -0.2) is 29.2 Å². The van der Waals surface area contributed by atoms with E-state index < -0.39 is 0 Å². The summed E-state index contributed by atoms with van der Waals surface area (Å²) in [6.45, 7) is 2.93. The Kier molecular flexibility index (Phi) is 5.98. The number of benzene rings is 2. The molecule has 1 atom stereocenters. The van der Waals surface area contributed by atoms with Crippen molar-refractivity contribution in [3.05, 3.63) is 89.4 Å². The van der Waals surface area contributed by atoms with Crippen LogP contribution >= 0.6 is 0 Å². The smallest absolute Gasteiger partial charge is 0.231 e. The molecule has 2 N–H and O–H groups in total. The molecule has 1 unspecified atom stereocenters. The summed E-state index contributed by atoms with van der Waals surface area (Å²) in [6.07, 6.45) is 5.80. The first kappa shape index (κ1) is 21.1. The fraction of sp³-hybridized carbons (Fsp3) is 0.259. The van der Waals surface area contributed by atoms with E-state index in [1.165, 1.54) is 5.56 Å². The van der Waals surface area contributed by atoms with E-state index in [4.69, 9.17) is 9.47 Å². The predicted molar refractivity (Wildman–Crippen MR) is 128 cm³/mol. The minimum atomic E-state index is -0.116. The lowest BCUT2D eigenvalue weighted by Crippen LogP contribution is -2.27. The van der Waals surface area contributed by atoms with Gasteiger partial charge >= 0.3 is 0 Å². The van der Waals surface area contributed by atoms with E-state index in [-0.39, 0.29) is 18.6 Å². The molecule has 6 nitrogen and oxygen atoms in total. The SMILES string of the molecule is CCc1cccc2c(C(CC(=O)NCCc3ccccn3)c3ccc4c(c3)OCO4)c[nH]c12. The number of aromatic amines is 1. The number of pyridine rings is 1. The summed E-state index contributed by atoms with van der Waals surface area (Å²) < 4.78 is 11.1. The van der Waals surface area contributed by atoms with Crippen LogP contribution < -0.4 is 14.8 Å². The zero-order chi connectivity index (χ0) is 22.6. The van der Waals surface area contributed by atoms with Gasteiger partial charge in [0.15, 0.2) is 11.5 Å². The second kappa shape index (κ2) is 9.36. The predicted octanol–water partition coefficient (Wildman–Crippen LogP) is 4.73. The molecular weight excluding hydrogens is 414 g/mol. The number of aryl methyl sites for hydroxylation is 1. The maximum absolute atomic E-state index is 13.0. The Morgan fingerprint density at radius 2 is 2.03 bits per heavy atom. The first-order valence-electron chi connectivity index (χ1n) is 11.4. The van der Waals surface area contributed by atoms with Crippen LogP contribution in [-0.2, 0) is 17.6 Å². The number of ether oxygens (including phenoxy) is 2. The van der Waals surface area contributed by atoms with Crippen LogP contribution in [0.5, 0.6) is 11.5 Å². The Morgan fingerprint density at radius 3 is 2.88 bits per heavy atom. The number of carbonyl (C=O) groups excluding carboxylic acids is 1. The first-order valence-corrected chi connectivity index (χ1v) is 11.4. The molecule has 33 heavy (non-hydrogen) atoms. The van der Waals surface area contributed by atoms with Gasteiger partial charge in [-0.2, -0.15) is 0 Å². The number of H-pyrrole nitrogens is 1. The molecule has 0 fully saturated rings. The van der Waals surface area contributed by atoms with E-state index >= 15 is 0 Å². The molecule has 3 heterocycles. The van der Waals surface area contributed by atoms with Gasteiger partial charge in [0.05, 0.1) is 0 Å². The number of carbonyl (C=O) groups is 1. The Balaban J connectivity index is 1.42. The fourth-order valence-electron chi connectivity index (χ4n) is 4.49. The third-order valence-corrected chi connectivity index (χ3v) is 6.21. The van der Waals surface area contributed by atoms with E-state index in [1.54, 1.807) is 6.20 Å². The molecule has 0 bridgehead atoms. The summed E-state index contributed by atoms with van der Waals surface area (Å²) in [5.74, 6) is 1.36. The standard InChI is InChI=1S/C27H27N3O3/c1-2-18-6-5-8-21-23(16-30-27(18)21)22(19-9-10-24-25(14-19)33-17-32-24)15-26(31)29-13-11-20-7-3-4-12-28-20/h3-10,12,14,16,22,30H,2,11,13,15,17H2,1H3,(H,29,31). The number of amides is 1. The van der Waals surface area contributed by atoms with Gasteiger partial charge in [0.25, 0.3) is 0 Å². The molecule has 0 spiro atoms. The molecule has 2 aromatic carbocycles. The average molecular weight is 442 g/mol. The number of fused-ring (bicyclic) bond motifs is 2. The number of para-hydroxylation sites is 1. The van der Waals surface area contributed by atoms with Crippen molar-refractivity contribution < 1.29 is 14.3 Å². The molecule has 168 valence electrons. The number of hydrogen-bond donors (Lipinski definition) is 2. The van der Waals surface area contributed by atoms with Crippen molar-refractivity contribution in [2.75, 3.05) is 13.3 Å². The lowest BCUT2D eigenvalue weighted by molar-refractivity contribution is -0.121. The number of aromatic nitrogens is 2. The van der Waals surface area contributed by atoms with Gasteiger partial charge in [0.1, 0.15) is 0 Å². The minimum Gasteiger partial charge on any atom is -0.454 e. The normalized spacial score (nSPS) is 13.2. The Bertz CT molecular complexity index is 1270. The monoisotopic (exact) mass is 441 g/mol. The number of nitrogens with one attached hydrogen (secondary N) is 2. The lowest BCUT2D eigenvalue weighted by Gasteiger charge is -2.18. The van der Waals surface area contributed by atoms with Gasteiger partial charge < -0.3 is 19.8 Å². The van der Waals surface area contributed by atoms with Gasteiger partial charge in [-0.05, 0) is 47.4 Å². The highest BCUT2D eigenvalue weighted by atomic mass is 16.7. The third kappa shape index (κ3) is 4.42. The summed E-state index contributed by atoms with van der Waals surface area (Å²) in [6, 6.07) is 18.1. The van der Waals surface area contributed by atoms with Gasteiger partial charge in [0.2, 0.25) is 12.7 Å². The van der Waals surface area contributed by atoms with E-state index in [9.17, 15) is 4.79 Å². The van der Waals surface area contributed by atoms with E-state index in [0.717, 1.165) is 45.6 Å². The first-order chi connectivity index (χ1) is 16.2. The topological polar surface area (TPSA) is 76.2 Å². The van der Waals surface area contributed by atoms with Crippen LogP contribution in [0.25, 0.3) is 10.9 Å². The van der Waals surface area contributed by atoms with Crippen LogP contribution in [0.3, 0.4) is 0 Å². The van der Waals surface area contributed by atoms with Gasteiger partial charge in [-0.15, -0.1) is 0 Å². The quantitative estimate of drug-likeness (QED) is 0.414. The summed E-state index contributed by atoms with van der Waals surface area (Å²) in [5, 5.41) is 4.22. The van der Waals surface area contributed by atoms with Gasteiger partial charge in [-0.25, -0.2) is 0 Å². The van der Waals surface area contributed by atoms with Crippen molar-refractivity contribution in [3.63, 3.8) is 0 Å². The number of rotatable bonds is 8. The summed E-state index contributed by atoms with van der Waals surface area (Å²) in [4.78, 5) is 20.8. The molecule has 1 aliphatic rings. The zero-order valence-electron chi connectivity index (χ0n) is 18.6. The molecule has 1 amide bonds. The van der Waals surface area contributed by atoms with Crippen LogP contribution in [0.2, 0.25) is 0 Å². The third-order valence-electron chi connectivity index (χ3n) is 6.21. The second-order valence-electron chi connectivity index (χ2n) is 8.23. The largest absolute Gasteiger partial charge is 0.454 e. The van der Waals surface area contributed by atoms with Crippen molar-refractivity contribution in [2.45, 2.75) is 32.1 Å². The minimum absolute atomic E-state index is 0.00888. The molecule has 0 saturated heterocycles. The highest BCUT2D eigenvalue weighted by molar-refractivity contribution is 5.88. The van der Waals surface area contributed by atoms with Crippen molar-refractivity contribution in [1.82, 2.24) is 15.3 Å². The summed E-state index contributed by atoms with van der Waals surface area (Å²) >= 11 is 0. The van der Waals surface area contributed by atoms with Gasteiger partial charge in [-0.1, -0.05) is 37.3 Å². The molecule has 0 aliphatic carbocycles. The molecule has 6 heteroatoms. The summed E-state index contributed by atoms with van der Waals surface area (Å²) in [7, 11) is 0. The van der Waals surface area contributed by atoms with Crippen molar-refractivity contribution in [3.8, 4) is 11.5 Å². The van der Waals surface area contributed by atoms with E-state index in [1.807, 2.05) is 42.6 Å². The molecule has 0 saturated carbocycles. The lowest BCUT2D eigenvalue weighted by atomic mass is 9.87. The highest BCUT2D eigenvalue weighted by Crippen LogP contribution is 2.39. The average Bonchev–Trinajstić information content (AvgIpc) is 3.50. The molecule has 0 radical (unpaired) electrons. The van der Waals surface area contributed by atoms with Crippen LogP contribution in [0.1, 0.15) is 41.6 Å². The fourth-order valence-corrected chi connectivity index (χ4v) is 4.49. The highest BCUT2D eigenvalue weighted by Gasteiger charge is 2.24. The Morgan fingerprint density at radius 1 is 1.12 bits per heavy atom. The van der Waals surface area contributed by atoms with Gasteiger partial charge in [0, 0.05) is 54.3 Å². The maximum atomic E-state index is 13.0. The van der Waals surface area contributed by atoms with E-state index in [2.05, 4.69) is 40.4 Å². The second-order valence-corrected chi connectivity index (χ2v) is 8.23. The number of nitrogens with zero attached hydrogens (tertiary/aromatic N) is 1. The van der Waals surface area contributed by atoms with Crippen molar-refractivity contribution >= 4 is 16.8 Å². The Labute approximate surface area is 193 Å². The molecule has 5 rings (SSSR count). The molecule has 2 aromatic heterocycles. The van der Waals surface area contributed by atoms with Crippen LogP contribution in [0.4, 0.5) is 0 Å². The molecular formula is C27H27N3O3. The van der Waals surface area contributed by atoms with Crippen molar-refractivity contribution in [1.29, 1.82) is 0 Å². The van der Waals surface area contributed by atoms with Gasteiger partial charge in [-0.3, -0.25) is 9.78 Å². The maximum Gasteiger partial charge on any atom is 0.231 e. The van der Waals surface area contributed by atoms with E-state index in [0.29, 0.717) is 19.4 Å². The summed E-state index contributed by atoms with van der Waals surface area (Å²) in [5.41, 5.74) is 5.51. The zero-order valence-corrected chi connectivity index (χ0v) is 18.6. The van der Waals surface area contributed by atoms with Crippen molar-refractivity contribution in [2.24, 2.45) is 0 Å². The molecule has 4 aromatic rings. The molecule has 1 aliphatic heterocycles. The van der Waals surface area contributed by atoms with Crippen LogP contribution in [0, 0.1) is 0 Å². The number of hydrogen-bond acceptors (Lipinski definition) is 4.